The van der Waals surface area contributed by atoms with Gasteiger partial charge in [-0.05, 0) is 58.7 Å². The SMILES string of the molecule is Cc1cc(C(=O)CN(C)CC(=O)NC(C)C)c(C)n1CCc1cccs1. The summed E-state index contributed by atoms with van der Waals surface area (Å²) in [6.07, 6.45) is 0.969. The fraction of sp³-hybridized carbons (Fsp3) is 0.500. The Bertz CT molecular complexity index is 747. The summed E-state index contributed by atoms with van der Waals surface area (Å²) in [7, 11) is 1.80. The van der Waals surface area contributed by atoms with Gasteiger partial charge < -0.3 is 9.88 Å². The van der Waals surface area contributed by atoms with Crippen LogP contribution in [0.25, 0.3) is 0 Å². The molecule has 0 aliphatic rings. The second kappa shape index (κ2) is 9.14. The fourth-order valence-electron chi connectivity index (χ4n) is 3.10. The Morgan fingerprint density at radius 1 is 1.27 bits per heavy atom. The van der Waals surface area contributed by atoms with Crippen molar-refractivity contribution in [2.24, 2.45) is 0 Å². The topological polar surface area (TPSA) is 54.3 Å². The largest absolute Gasteiger partial charge is 0.353 e. The predicted octanol–water partition coefficient (Wildman–Crippen LogP) is 3.05. The number of amides is 1. The number of ketones is 1. The lowest BCUT2D eigenvalue weighted by atomic mass is 10.1. The van der Waals surface area contributed by atoms with E-state index in [-0.39, 0.29) is 30.8 Å². The molecule has 0 radical (unpaired) electrons. The first kappa shape index (κ1) is 20.4. The Balaban J connectivity index is 1.98. The summed E-state index contributed by atoms with van der Waals surface area (Å²) in [5, 5.41) is 4.93. The van der Waals surface area contributed by atoms with Crippen LogP contribution in [0.2, 0.25) is 0 Å². The number of hydrogen-bond acceptors (Lipinski definition) is 4. The highest BCUT2D eigenvalue weighted by Crippen LogP contribution is 2.18. The monoisotopic (exact) mass is 375 g/mol. The minimum Gasteiger partial charge on any atom is -0.353 e. The average Bonchev–Trinajstić information content (AvgIpc) is 3.13. The minimum atomic E-state index is -0.0586. The Hall–Kier alpha value is -1.92. The lowest BCUT2D eigenvalue weighted by Crippen LogP contribution is -2.40. The molecule has 26 heavy (non-hydrogen) atoms. The van der Waals surface area contributed by atoms with Gasteiger partial charge in [-0.25, -0.2) is 0 Å². The number of hydrogen-bond donors (Lipinski definition) is 1. The van der Waals surface area contributed by atoms with Crippen LogP contribution in [0.4, 0.5) is 0 Å². The highest BCUT2D eigenvalue weighted by molar-refractivity contribution is 7.09. The van der Waals surface area contributed by atoms with E-state index in [1.807, 2.05) is 33.8 Å². The molecule has 2 aromatic heterocycles. The number of thiophene rings is 1. The van der Waals surface area contributed by atoms with Gasteiger partial charge >= 0.3 is 0 Å². The van der Waals surface area contributed by atoms with Crippen molar-refractivity contribution in [3.8, 4) is 0 Å². The van der Waals surface area contributed by atoms with E-state index in [0.29, 0.717) is 0 Å². The number of nitrogens with one attached hydrogen (secondary N) is 1. The molecule has 1 amide bonds. The van der Waals surface area contributed by atoms with Gasteiger partial charge in [-0.15, -0.1) is 11.3 Å². The third-order valence-electron chi connectivity index (χ3n) is 4.31. The molecule has 0 aliphatic carbocycles. The fourth-order valence-corrected chi connectivity index (χ4v) is 3.80. The normalized spacial score (nSPS) is 11.3. The zero-order valence-electron chi connectivity index (χ0n) is 16.3. The Labute approximate surface area is 160 Å². The summed E-state index contributed by atoms with van der Waals surface area (Å²) < 4.78 is 2.21. The van der Waals surface area contributed by atoms with Crippen LogP contribution < -0.4 is 5.32 Å². The van der Waals surface area contributed by atoms with Gasteiger partial charge in [0, 0.05) is 34.4 Å². The van der Waals surface area contributed by atoms with Gasteiger partial charge in [-0.1, -0.05) is 6.07 Å². The highest BCUT2D eigenvalue weighted by Gasteiger charge is 2.18. The number of rotatable bonds is 9. The van der Waals surface area contributed by atoms with Crippen molar-refractivity contribution in [3.05, 3.63) is 45.4 Å². The molecule has 1 N–H and O–H groups in total. The maximum Gasteiger partial charge on any atom is 0.234 e. The highest BCUT2D eigenvalue weighted by atomic mass is 32.1. The molecule has 0 bridgehead atoms. The molecular formula is C20H29N3O2S. The number of aromatic nitrogens is 1. The van der Waals surface area contributed by atoms with E-state index < -0.39 is 0 Å². The number of Topliss-reactive ketones (excluding diaryl/α,β-unsaturated/α-hetero) is 1. The Kier molecular flexibility index (Phi) is 7.17. The van der Waals surface area contributed by atoms with Gasteiger partial charge in [0.1, 0.15) is 0 Å². The van der Waals surface area contributed by atoms with Crippen molar-refractivity contribution in [1.82, 2.24) is 14.8 Å². The summed E-state index contributed by atoms with van der Waals surface area (Å²) in [4.78, 5) is 27.6. The minimum absolute atomic E-state index is 0.0559. The van der Waals surface area contributed by atoms with Gasteiger partial charge in [-0.2, -0.15) is 0 Å². The van der Waals surface area contributed by atoms with Gasteiger partial charge in [0.15, 0.2) is 5.78 Å². The number of carbonyl (C=O) groups excluding carboxylic acids is 2. The summed E-state index contributed by atoms with van der Waals surface area (Å²) in [5.74, 6) is -0.00274. The zero-order chi connectivity index (χ0) is 19.3. The van der Waals surface area contributed by atoms with Crippen LogP contribution in [0, 0.1) is 13.8 Å². The molecule has 0 aliphatic heterocycles. The number of likely N-dealkylation sites (N-methyl/N-ethyl adjacent to an activating group) is 1. The first-order valence-corrected chi connectivity index (χ1v) is 9.86. The molecule has 0 fully saturated rings. The van der Waals surface area contributed by atoms with Crippen molar-refractivity contribution in [1.29, 1.82) is 0 Å². The maximum atomic E-state index is 12.7. The standard InChI is InChI=1S/C20H29N3O2S/c1-14(2)21-20(25)13-22(5)12-19(24)18-11-15(3)23(16(18)4)9-8-17-7-6-10-26-17/h6-7,10-11,14H,8-9,12-13H2,1-5H3,(H,21,25). The van der Waals surface area contributed by atoms with Gasteiger partial charge in [0.05, 0.1) is 13.1 Å². The zero-order valence-corrected chi connectivity index (χ0v) is 17.2. The van der Waals surface area contributed by atoms with Gasteiger partial charge in [0.2, 0.25) is 5.91 Å². The van der Waals surface area contributed by atoms with Gasteiger partial charge in [0.25, 0.3) is 0 Å². The lowest BCUT2D eigenvalue weighted by Gasteiger charge is -2.16. The van der Waals surface area contributed by atoms with E-state index in [9.17, 15) is 9.59 Å². The molecule has 0 atom stereocenters. The van der Waals surface area contributed by atoms with Crippen LogP contribution in [-0.4, -0.2) is 47.3 Å². The molecule has 2 aromatic rings. The second-order valence-electron chi connectivity index (χ2n) is 7.08. The Morgan fingerprint density at radius 3 is 2.62 bits per heavy atom. The first-order chi connectivity index (χ1) is 12.3. The molecule has 142 valence electrons. The summed E-state index contributed by atoms with van der Waals surface area (Å²) in [6.45, 7) is 9.22. The molecule has 6 heteroatoms. The molecule has 0 saturated carbocycles. The van der Waals surface area contributed by atoms with Crippen LogP contribution in [0.15, 0.2) is 23.6 Å². The second-order valence-corrected chi connectivity index (χ2v) is 8.12. The van der Waals surface area contributed by atoms with Crippen LogP contribution in [-0.2, 0) is 17.8 Å². The molecule has 2 rings (SSSR count). The average molecular weight is 376 g/mol. The molecule has 0 saturated heterocycles. The van der Waals surface area contributed by atoms with Crippen molar-refractivity contribution in [2.75, 3.05) is 20.1 Å². The van der Waals surface area contributed by atoms with Crippen LogP contribution in [0.1, 0.15) is 40.5 Å². The lowest BCUT2D eigenvalue weighted by molar-refractivity contribution is -0.122. The molecule has 0 spiro atoms. The van der Waals surface area contributed by atoms with Gasteiger partial charge in [-0.3, -0.25) is 14.5 Å². The molecule has 2 heterocycles. The quantitative estimate of drug-likeness (QED) is 0.686. The van der Waals surface area contributed by atoms with Crippen LogP contribution in [0.3, 0.4) is 0 Å². The first-order valence-electron chi connectivity index (χ1n) is 8.98. The van der Waals surface area contributed by atoms with E-state index in [2.05, 4.69) is 27.4 Å². The summed E-state index contributed by atoms with van der Waals surface area (Å²) >= 11 is 1.76. The van der Waals surface area contributed by atoms with E-state index in [0.717, 1.165) is 29.9 Å². The number of nitrogens with zero attached hydrogens (tertiary/aromatic N) is 2. The molecule has 0 unspecified atom stereocenters. The maximum absolute atomic E-state index is 12.7. The third-order valence-corrected chi connectivity index (χ3v) is 5.25. The molecule has 0 aromatic carbocycles. The van der Waals surface area contributed by atoms with Crippen LogP contribution >= 0.6 is 11.3 Å². The van der Waals surface area contributed by atoms with Crippen molar-refractivity contribution >= 4 is 23.0 Å². The number of carbonyl (C=O) groups is 2. The van der Waals surface area contributed by atoms with Crippen molar-refractivity contribution in [3.63, 3.8) is 0 Å². The third kappa shape index (κ3) is 5.54. The molecular weight excluding hydrogens is 346 g/mol. The smallest absolute Gasteiger partial charge is 0.234 e. The number of aryl methyl sites for hydroxylation is 2. The predicted molar refractivity (Wildman–Crippen MR) is 107 cm³/mol. The Morgan fingerprint density at radius 2 is 2.00 bits per heavy atom. The van der Waals surface area contributed by atoms with E-state index >= 15 is 0 Å². The van der Waals surface area contributed by atoms with E-state index in [4.69, 9.17) is 0 Å². The van der Waals surface area contributed by atoms with Crippen LogP contribution in [0.5, 0.6) is 0 Å². The van der Waals surface area contributed by atoms with E-state index in [1.165, 1.54) is 4.88 Å². The van der Waals surface area contributed by atoms with Crippen molar-refractivity contribution in [2.45, 2.75) is 46.7 Å². The van der Waals surface area contributed by atoms with Crippen molar-refractivity contribution < 1.29 is 9.59 Å². The molecule has 5 nitrogen and oxygen atoms in total. The summed E-state index contributed by atoms with van der Waals surface area (Å²) in [6, 6.07) is 6.28. The van der Waals surface area contributed by atoms with E-state index in [1.54, 1.807) is 23.3 Å². The summed E-state index contributed by atoms with van der Waals surface area (Å²) in [5.41, 5.74) is 2.86.